The minimum Gasteiger partial charge on any atom is -0.483 e. The number of esters is 1. The third-order valence-corrected chi connectivity index (χ3v) is 10.5. The number of aromatic nitrogens is 1. The van der Waals surface area contributed by atoms with Gasteiger partial charge in [0.25, 0.3) is 0 Å². The summed E-state index contributed by atoms with van der Waals surface area (Å²) >= 11 is 6.29. The van der Waals surface area contributed by atoms with Gasteiger partial charge >= 0.3 is 18.2 Å². The second kappa shape index (κ2) is 14.5. The summed E-state index contributed by atoms with van der Waals surface area (Å²) in [5, 5.41) is 6.00. The number of para-hydroxylation sites is 1. The summed E-state index contributed by atoms with van der Waals surface area (Å²) in [6, 6.07) is 2.29. The second-order valence-corrected chi connectivity index (χ2v) is 15.5. The van der Waals surface area contributed by atoms with Crippen LogP contribution in [0.3, 0.4) is 0 Å². The van der Waals surface area contributed by atoms with Gasteiger partial charge in [0.15, 0.2) is 17.0 Å². The molecule has 0 radical (unpaired) electrons. The summed E-state index contributed by atoms with van der Waals surface area (Å²) in [5.74, 6) is -3.03. The van der Waals surface area contributed by atoms with Crippen LogP contribution in [-0.2, 0) is 36.5 Å². The average Bonchev–Trinajstić information content (AvgIpc) is 3.43. The monoisotopic (exact) mass is 760 g/mol. The van der Waals surface area contributed by atoms with Crippen LogP contribution in [0.1, 0.15) is 83.9 Å². The Hall–Kier alpha value is -4.33. The van der Waals surface area contributed by atoms with Crippen molar-refractivity contribution >= 4 is 46.4 Å². The van der Waals surface area contributed by atoms with E-state index >= 15 is 0 Å². The lowest BCUT2D eigenvalue weighted by Gasteiger charge is -2.41. The zero-order valence-corrected chi connectivity index (χ0v) is 30.9. The third-order valence-electron chi connectivity index (χ3n) is 10.2. The minimum atomic E-state index is -4.92. The number of benzene rings is 1. The van der Waals surface area contributed by atoms with E-state index < -0.39 is 76.2 Å². The van der Waals surface area contributed by atoms with Crippen molar-refractivity contribution in [3.05, 3.63) is 58.8 Å². The van der Waals surface area contributed by atoms with Crippen LogP contribution in [-0.4, -0.2) is 75.7 Å². The molecule has 1 fully saturated rings. The first-order valence-corrected chi connectivity index (χ1v) is 18.4. The van der Waals surface area contributed by atoms with Crippen molar-refractivity contribution in [3.8, 4) is 5.75 Å². The van der Waals surface area contributed by atoms with Crippen LogP contribution in [0.5, 0.6) is 5.75 Å². The van der Waals surface area contributed by atoms with E-state index in [-0.39, 0.29) is 54.9 Å². The van der Waals surface area contributed by atoms with E-state index in [1.165, 1.54) is 11.0 Å². The predicted octanol–water partition coefficient (Wildman–Crippen LogP) is 6.59. The van der Waals surface area contributed by atoms with Crippen LogP contribution < -0.4 is 15.4 Å². The molecule has 53 heavy (non-hydrogen) atoms. The summed E-state index contributed by atoms with van der Waals surface area (Å²) in [7, 11) is 0. The third kappa shape index (κ3) is 7.70. The number of nitrogens with zero attached hydrogens (tertiary/aromatic N) is 2. The molecule has 0 bridgehead atoms. The molecular formula is C38H44ClF3N4O7. The smallest absolute Gasteiger partial charge is 0.437 e. The zero-order valence-electron chi connectivity index (χ0n) is 30.1. The Morgan fingerprint density at radius 2 is 1.92 bits per heavy atom. The second-order valence-electron chi connectivity index (χ2n) is 15.1. The number of halogens is 4. The molecule has 0 unspecified atom stereocenters. The predicted molar refractivity (Wildman–Crippen MR) is 189 cm³/mol. The number of nitrogens with one attached hydrogen (secondary N) is 2. The molecule has 1 saturated heterocycles. The fourth-order valence-corrected chi connectivity index (χ4v) is 7.83. The molecule has 2 N–H and O–H groups in total. The maximum atomic E-state index is 14.6. The first-order chi connectivity index (χ1) is 25.0. The summed E-state index contributed by atoms with van der Waals surface area (Å²) in [6.45, 7) is 6.48. The summed E-state index contributed by atoms with van der Waals surface area (Å²) in [5.41, 5.74) is -4.87. The van der Waals surface area contributed by atoms with Crippen LogP contribution in [0.25, 0.3) is 10.9 Å². The van der Waals surface area contributed by atoms with Crippen LogP contribution in [0.15, 0.2) is 42.5 Å². The fraction of sp³-hybridized carbons (Fsp3) is 0.553. The highest BCUT2D eigenvalue weighted by molar-refractivity contribution is 6.35. The molecule has 2 aromatic rings. The summed E-state index contributed by atoms with van der Waals surface area (Å²) < 4.78 is 61.1. The van der Waals surface area contributed by atoms with Gasteiger partial charge in [0, 0.05) is 23.3 Å². The van der Waals surface area contributed by atoms with Gasteiger partial charge in [-0.3, -0.25) is 9.59 Å². The highest BCUT2D eigenvalue weighted by Crippen LogP contribution is 2.49. The van der Waals surface area contributed by atoms with Crippen LogP contribution >= 0.6 is 11.6 Å². The van der Waals surface area contributed by atoms with E-state index in [4.69, 9.17) is 25.8 Å². The number of carbonyl (C=O) groups excluding carboxylic acids is 4. The maximum absolute atomic E-state index is 14.6. The van der Waals surface area contributed by atoms with Crippen molar-refractivity contribution in [1.29, 1.82) is 0 Å². The largest absolute Gasteiger partial charge is 0.483 e. The molecule has 286 valence electrons. The van der Waals surface area contributed by atoms with Crippen LogP contribution in [0, 0.1) is 5.92 Å². The van der Waals surface area contributed by atoms with Gasteiger partial charge in [-0.05, 0) is 65.9 Å². The number of amides is 3. The molecular weight excluding hydrogens is 717 g/mol. The highest BCUT2D eigenvalue weighted by atomic mass is 35.5. The number of ether oxygens (including phenoxy) is 3. The molecule has 11 nitrogen and oxygen atoms in total. The molecule has 3 aliphatic heterocycles. The number of fused-ring (bicyclic) bond motifs is 5. The number of carbonyl (C=O) groups is 4. The Kier molecular flexibility index (Phi) is 10.5. The topological polar surface area (TPSA) is 136 Å². The van der Waals surface area contributed by atoms with Gasteiger partial charge in [0.2, 0.25) is 11.8 Å². The number of alkyl carbamates (subject to hydrolysis) is 1. The average molecular weight is 761 g/mol. The summed E-state index contributed by atoms with van der Waals surface area (Å²) in [6.07, 6.45) is 4.32. The molecule has 3 amide bonds. The van der Waals surface area contributed by atoms with Gasteiger partial charge in [-0.25, -0.2) is 14.6 Å². The normalized spacial score (nSPS) is 28.3. The van der Waals surface area contributed by atoms with Crippen LogP contribution in [0.2, 0.25) is 5.02 Å². The molecule has 0 saturated carbocycles. The van der Waals surface area contributed by atoms with Crippen molar-refractivity contribution in [1.82, 2.24) is 20.5 Å². The maximum Gasteiger partial charge on any atom is 0.437 e. The lowest BCUT2D eigenvalue weighted by atomic mass is 9.73. The van der Waals surface area contributed by atoms with Gasteiger partial charge in [0.05, 0.1) is 23.7 Å². The van der Waals surface area contributed by atoms with Crippen molar-refractivity contribution in [2.45, 2.75) is 114 Å². The SMILES string of the molecule is CCOC(=O)[C@@]12C=C[C@H]1/C=C\CCCCC[C@H](NC(=O)OC(C)(C)C)C(=O)N1C[C@@]3(CCc4c(c(C(F)(F)F)nc5c(Cl)cccc45)O3)C[C@H]1C(=O)N2. The number of pyridine rings is 1. The number of aryl methyl sites for hydroxylation is 1. The molecule has 4 aliphatic rings. The Morgan fingerprint density at radius 3 is 2.60 bits per heavy atom. The van der Waals surface area contributed by atoms with Gasteiger partial charge in [-0.15, -0.1) is 0 Å². The van der Waals surface area contributed by atoms with Crippen molar-refractivity contribution < 1.29 is 46.6 Å². The first-order valence-electron chi connectivity index (χ1n) is 18.0. The Balaban J connectivity index is 1.42. The van der Waals surface area contributed by atoms with Crippen molar-refractivity contribution in [3.63, 3.8) is 0 Å². The highest BCUT2D eigenvalue weighted by Gasteiger charge is 2.57. The van der Waals surface area contributed by atoms with Crippen molar-refractivity contribution in [2.75, 3.05) is 13.2 Å². The number of hydrogen-bond acceptors (Lipinski definition) is 8. The van der Waals surface area contributed by atoms with Crippen molar-refractivity contribution in [2.24, 2.45) is 5.92 Å². The Bertz CT molecular complexity index is 1860. The molecule has 4 heterocycles. The molecule has 5 atom stereocenters. The van der Waals surface area contributed by atoms with E-state index in [2.05, 4.69) is 15.6 Å². The van der Waals surface area contributed by atoms with Gasteiger partial charge in [-0.1, -0.05) is 60.9 Å². The quantitative estimate of drug-likeness (QED) is 0.264. The standard InChI is InChI=1S/C38H44ClF3N4O7/c1-5-51-33(49)37-19-16-22(37)12-9-7-6-8-10-15-26(43-34(50)53-35(2,3)4)32(48)46-21-36(20-27(46)31(47)45-37)18-17-24-23-13-11-14-25(39)28(23)44-30(29(24)52-36)38(40,41)42/h9,11-14,16,19,22,26-27H,5-8,10,15,17-18,20-21H2,1-4H3,(H,43,50)(H,45,47)/b12-9-/t22-,26+,27+,36-,37-/m1/s1. The molecule has 15 heteroatoms. The number of rotatable bonds is 3. The van der Waals surface area contributed by atoms with E-state index in [0.717, 1.165) is 6.42 Å². The van der Waals surface area contributed by atoms with E-state index in [0.29, 0.717) is 24.6 Å². The molecule has 1 aromatic heterocycles. The molecule has 1 aromatic carbocycles. The number of allylic oxidation sites excluding steroid dienone is 1. The Labute approximate surface area is 310 Å². The first kappa shape index (κ1) is 38.4. The van der Waals surface area contributed by atoms with Crippen LogP contribution in [0.4, 0.5) is 18.0 Å². The van der Waals surface area contributed by atoms with E-state index in [1.54, 1.807) is 52.0 Å². The lowest BCUT2D eigenvalue weighted by Crippen LogP contribution is -2.65. The van der Waals surface area contributed by atoms with E-state index in [1.807, 2.05) is 12.2 Å². The summed E-state index contributed by atoms with van der Waals surface area (Å²) in [4.78, 5) is 60.7. The molecule has 6 rings (SSSR count). The molecule has 1 spiro atoms. The van der Waals surface area contributed by atoms with Gasteiger partial charge in [-0.2, -0.15) is 13.2 Å². The van der Waals surface area contributed by atoms with E-state index in [9.17, 15) is 32.3 Å². The minimum absolute atomic E-state index is 0.00842. The Morgan fingerprint density at radius 1 is 1.15 bits per heavy atom. The number of hydrogen-bond donors (Lipinski definition) is 2. The molecule has 1 aliphatic carbocycles. The van der Waals surface area contributed by atoms with Gasteiger partial charge in [0.1, 0.15) is 23.3 Å². The number of alkyl halides is 3. The fourth-order valence-electron chi connectivity index (χ4n) is 7.61. The lowest BCUT2D eigenvalue weighted by molar-refractivity contribution is -0.154. The zero-order chi connectivity index (χ0) is 38.3. The van der Waals surface area contributed by atoms with Gasteiger partial charge < -0.3 is 29.7 Å².